The van der Waals surface area contributed by atoms with E-state index in [0.717, 1.165) is 0 Å². The van der Waals surface area contributed by atoms with E-state index in [0.29, 0.717) is 18.0 Å². The highest BCUT2D eigenvalue weighted by Gasteiger charge is 2.41. The van der Waals surface area contributed by atoms with Crippen molar-refractivity contribution in [3.63, 3.8) is 0 Å². The average molecular weight is 318 g/mol. The van der Waals surface area contributed by atoms with Gasteiger partial charge in [0, 0.05) is 33.1 Å². The van der Waals surface area contributed by atoms with Crippen molar-refractivity contribution in [2.45, 2.75) is 12.6 Å². The number of carbonyl (C=O) groups excluding carboxylic acids is 2. The van der Waals surface area contributed by atoms with Gasteiger partial charge in [-0.05, 0) is 7.05 Å². The van der Waals surface area contributed by atoms with Crippen molar-refractivity contribution >= 4 is 24.2 Å². The van der Waals surface area contributed by atoms with Crippen molar-refractivity contribution in [2.24, 2.45) is 5.92 Å². The maximum absolute atomic E-state index is 12.2. The molecule has 1 fully saturated rings. The highest BCUT2D eigenvalue weighted by molar-refractivity contribution is 5.89. The van der Waals surface area contributed by atoms with Crippen molar-refractivity contribution in [1.29, 1.82) is 0 Å². The van der Waals surface area contributed by atoms with Crippen molar-refractivity contribution in [2.75, 3.05) is 40.3 Å². The first kappa shape index (κ1) is 19.0. The number of nitrogens with zero attached hydrogens (tertiary/aromatic N) is 2. The fourth-order valence-corrected chi connectivity index (χ4v) is 2.01. The summed E-state index contributed by atoms with van der Waals surface area (Å²) < 4.78 is 36.7. The maximum Gasteiger partial charge on any atom is 0.406 e. The second-order valence-electron chi connectivity index (χ2n) is 4.65. The molecule has 0 aromatic heterocycles. The first-order valence-corrected chi connectivity index (χ1v) is 5.98. The number of rotatable bonds is 5. The molecule has 0 radical (unpaired) electrons. The summed E-state index contributed by atoms with van der Waals surface area (Å²) in [5, 5.41) is 2.87. The Labute approximate surface area is 121 Å². The monoisotopic (exact) mass is 317 g/mol. The Morgan fingerprint density at radius 3 is 2.60 bits per heavy atom. The number of nitrogens with one attached hydrogen (secondary N) is 1. The highest BCUT2D eigenvalue weighted by atomic mass is 35.5. The lowest BCUT2D eigenvalue weighted by molar-refractivity contribution is -0.157. The summed E-state index contributed by atoms with van der Waals surface area (Å²) in [6.45, 7) is -0.384. The largest absolute Gasteiger partial charge is 0.406 e. The predicted molar refractivity (Wildman–Crippen MR) is 69.6 cm³/mol. The van der Waals surface area contributed by atoms with E-state index in [4.69, 9.17) is 0 Å². The molecular formula is C11H19ClF3N3O2. The lowest BCUT2D eigenvalue weighted by Crippen LogP contribution is -2.39. The van der Waals surface area contributed by atoms with E-state index in [1.54, 1.807) is 14.1 Å². The first-order chi connectivity index (χ1) is 8.74. The van der Waals surface area contributed by atoms with Crippen molar-refractivity contribution in [3.05, 3.63) is 0 Å². The Kier molecular flexibility index (Phi) is 7.29. The molecule has 0 saturated carbocycles. The molecule has 0 aromatic rings. The normalized spacial score (nSPS) is 18.9. The van der Waals surface area contributed by atoms with Crippen LogP contribution in [-0.4, -0.2) is 68.1 Å². The van der Waals surface area contributed by atoms with E-state index < -0.39 is 24.5 Å². The average Bonchev–Trinajstić information content (AvgIpc) is 2.64. The van der Waals surface area contributed by atoms with Crippen LogP contribution in [0, 0.1) is 5.92 Å². The Hall–Kier alpha value is -1.02. The molecule has 1 atom stereocenters. The predicted octanol–water partition coefficient (Wildman–Crippen LogP) is 0.497. The lowest BCUT2D eigenvalue weighted by Gasteiger charge is -2.21. The number of hydrogen-bond donors (Lipinski definition) is 1. The van der Waals surface area contributed by atoms with Gasteiger partial charge < -0.3 is 15.1 Å². The summed E-state index contributed by atoms with van der Waals surface area (Å²) in [7, 11) is 3.32. The van der Waals surface area contributed by atoms with Crippen LogP contribution in [0.4, 0.5) is 13.2 Å². The van der Waals surface area contributed by atoms with Gasteiger partial charge in [-0.25, -0.2) is 0 Å². The third kappa shape index (κ3) is 5.54. The van der Waals surface area contributed by atoms with Crippen LogP contribution in [-0.2, 0) is 9.59 Å². The molecule has 1 aliphatic rings. The Balaban J connectivity index is 0.00000361. The molecule has 0 bridgehead atoms. The molecule has 0 aromatic carbocycles. The van der Waals surface area contributed by atoms with E-state index in [2.05, 4.69) is 5.32 Å². The van der Waals surface area contributed by atoms with Gasteiger partial charge in [0.15, 0.2) is 0 Å². The molecule has 2 amide bonds. The molecule has 1 N–H and O–H groups in total. The number of alkyl halides is 3. The van der Waals surface area contributed by atoms with Gasteiger partial charge in [-0.2, -0.15) is 13.2 Å². The number of amides is 2. The van der Waals surface area contributed by atoms with E-state index in [9.17, 15) is 22.8 Å². The van der Waals surface area contributed by atoms with Gasteiger partial charge >= 0.3 is 6.18 Å². The van der Waals surface area contributed by atoms with Crippen LogP contribution in [0.25, 0.3) is 0 Å². The second kappa shape index (κ2) is 7.68. The molecule has 1 saturated heterocycles. The zero-order chi connectivity index (χ0) is 14.6. The molecule has 0 spiro atoms. The fraction of sp³-hybridized carbons (Fsp3) is 0.818. The fourth-order valence-electron chi connectivity index (χ4n) is 2.01. The quantitative estimate of drug-likeness (QED) is 0.803. The number of halogens is 4. The number of hydrogen-bond acceptors (Lipinski definition) is 3. The van der Waals surface area contributed by atoms with E-state index >= 15 is 0 Å². The number of likely N-dealkylation sites (tertiary alicyclic amines) is 1. The molecule has 118 valence electrons. The third-order valence-electron chi connectivity index (χ3n) is 3.01. The third-order valence-corrected chi connectivity index (χ3v) is 3.01. The van der Waals surface area contributed by atoms with Crippen LogP contribution < -0.4 is 5.32 Å². The van der Waals surface area contributed by atoms with Gasteiger partial charge in [-0.1, -0.05) is 0 Å². The van der Waals surface area contributed by atoms with Gasteiger partial charge in [0.1, 0.15) is 6.54 Å². The summed E-state index contributed by atoms with van der Waals surface area (Å²) >= 11 is 0. The smallest absolute Gasteiger partial charge is 0.344 e. The SMILES string of the molecule is CNCCN(C)C(=O)C1CC(=O)N(CC(F)(F)F)C1.Cl. The first-order valence-electron chi connectivity index (χ1n) is 5.98. The molecule has 1 unspecified atom stereocenters. The second-order valence-corrected chi connectivity index (χ2v) is 4.65. The number of carbonyl (C=O) groups is 2. The molecule has 20 heavy (non-hydrogen) atoms. The van der Waals surface area contributed by atoms with Gasteiger partial charge in [0.2, 0.25) is 11.8 Å². The molecule has 1 aliphatic heterocycles. The topological polar surface area (TPSA) is 52.7 Å². The minimum atomic E-state index is -4.42. The summed E-state index contributed by atoms with van der Waals surface area (Å²) in [6.07, 6.45) is -4.57. The van der Waals surface area contributed by atoms with E-state index in [-0.39, 0.29) is 31.3 Å². The van der Waals surface area contributed by atoms with Crippen molar-refractivity contribution in [1.82, 2.24) is 15.1 Å². The van der Waals surface area contributed by atoms with Gasteiger partial charge in [0.05, 0.1) is 5.92 Å². The molecule has 1 rings (SSSR count). The van der Waals surface area contributed by atoms with Crippen LogP contribution in [0.1, 0.15) is 6.42 Å². The van der Waals surface area contributed by atoms with Crippen LogP contribution in [0.2, 0.25) is 0 Å². The van der Waals surface area contributed by atoms with Crippen molar-refractivity contribution in [3.8, 4) is 0 Å². The Morgan fingerprint density at radius 1 is 1.50 bits per heavy atom. The minimum Gasteiger partial charge on any atom is -0.344 e. The zero-order valence-corrected chi connectivity index (χ0v) is 12.2. The van der Waals surface area contributed by atoms with Crippen LogP contribution in [0.3, 0.4) is 0 Å². The summed E-state index contributed by atoms with van der Waals surface area (Å²) in [4.78, 5) is 25.5. The Morgan fingerprint density at radius 2 is 2.10 bits per heavy atom. The summed E-state index contributed by atoms with van der Waals surface area (Å²) in [5.41, 5.74) is 0. The molecule has 5 nitrogen and oxygen atoms in total. The number of likely N-dealkylation sites (N-methyl/N-ethyl adjacent to an activating group) is 2. The summed E-state index contributed by atoms with van der Waals surface area (Å²) in [6, 6.07) is 0. The Bertz CT molecular complexity index is 352. The van der Waals surface area contributed by atoms with Crippen molar-refractivity contribution < 1.29 is 22.8 Å². The molecule has 0 aliphatic carbocycles. The van der Waals surface area contributed by atoms with Crippen LogP contribution >= 0.6 is 12.4 Å². The minimum absolute atomic E-state index is 0. The van der Waals surface area contributed by atoms with Crippen LogP contribution in [0.15, 0.2) is 0 Å². The van der Waals surface area contributed by atoms with Gasteiger partial charge in [0.25, 0.3) is 0 Å². The highest BCUT2D eigenvalue weighted by Crippen LogP contribution is 2.24. The molecule has 9 heteroatoms. The molecule has 1 heterocycles. The standard InChI is InChI=1S/C11H18F3N3O2.ClH/c1-15-3-4-16(2)10(19)8-5-9(18)17(6-8)7-11(12,13)14;/h8,15H,3-7H2,1-2H3;1H. The molecular weight excluding hydrogens is 299 g/mol. The van der Waals surface area contributed by atoms with Gasteiger partial charge in [-0.15, -0.1) is 12.4 Å². The lowest BCUT2D eigenvalue weighted by atomic mass is 10.1. The van der Waals surface area contributed by atoms with E-state index in [1.165, 1.54) is 4.90 Å². The van der Waals surface area contributed by atoms with E-state index in [1.807, 2.05) is 0 Å². The zero-order valence-electron chi connectivity index (χ0n) is 11.4. The summed E-state index contributed by atoms with van der Waals surface area (Å²) in [5.74, 6) is -1.57. The maximum atomic E-state index is 12.2. The van der Waals surface area contributed by atoms with Gasteiger partial charge in [-0.3, -0.25) is 9.59 Å². The van der Waals surface area contributed by atoms with Crippen LogP contribution in [0.5, 0.6) is 0 Å².